The summed E-state index contributed by atoms with van der Waals surface area (Å²) in [5, 5.41) is 5.68. The van der Waals surface area contributed by atoms with Crippen molar-refractivity contribution in [2.75, 3.05) is 26.0 Å². The van der Waals surface area contributed by atoms with Crippen molar-refractivity contribution in [3.63, 3.8) is 0 Å². The average Bonchev–Trinajstić information content (AvgIpc) is 2.28. The van der Waals surface area contributed by atoms with E-state index in [1.54, 1.807) is 0 Å². The van der Waals surface area contributed by atoms with Crippen LogP contribution in [0.5, 0.6) is 0 Å². The molecule has 0 unspecified atom stereocenters. The molecule has 82 valence electrons. The minimum atomic E-state index is -0.446. The largest absolute Gasteiger partial charge is 0.453 e. The zero-order chi connectivity index (χ0) is 11.1. The van der Waals surface area contributed by atoms with Gasteiger partial charge in [-0.3, -0.25) is 5.32 Å². The van der Waals surface area contributed by atoms with Gasteiger partial charge in [0, 0.05) is 5.69 Å². The van der Waals surface area contributed by atoms with E-state index in [1.807, 2.05) is 31.3 Å². The highest BCUT2D eigenvalue weighted by atomic mass is 16.5. The first-order valence-corrected chi connectivity index (χ1v) is 4.84. The normalized spacial score (nSPS) is 9.73. The van der Waals surface area contributed by atoms with Gasteiger partial charge in [-0.1, -0.05) is 12.1 Å². The summed E-state index contributed by atoms with van der Waals surface area (Å²) in [5.41, 5.74) is 1.98. The van der Waals surface area contributed by atoms with Crippen LogP contribution in [0.3, 0.4) is 0 Å². The molecule has 0 aromatic heterocycles. The van der Waals surface area contributed by atoms with Gasteiger partial charge >= 0.3 is 6.09 Å². The third-order valence-corrected chi connectivity index (χ3v) is 2.05. The van der Waals surface area contributed by atoms with E-state index in [1.165, 1.54) is 12.7 Å². The number of hydrogen-bond donors (Lipinski definition) is 2. The van der Waals surface area contributed by atoms with Crippen LogP contribution in [0.2, 0.25) is 0 Å². The van der Waals surface area contributed by atoms with Gasteiger partial charge in [-0.2, -0.15) is 0 Å². The lowest BCUT2D eigenvalue weighted by atomic mass is 10.1. The number of carbonyl (C=O) groups is 1. The number of nitrogens with one attached hydrogen (secondary N) is 2. The molecule has 2 N–H and O–H groups in total. The molecule has 0 heterocycles. The Kier molecular flexibility index (Phi) is 4.63. The Morgan fingerprint density at radius 1 is 1.33 bits per heavy atom. The van der Waals surface area contributed by atoms with Crippen LogP contribution in [0.15, 0.2) is 24.3 Å². The lowest BCUT2D eigenvalue weighted by Gasteiger charge is -2.05. The molecule has 0 saturated heterocycles. The zero-order valence-corrected chi connectivity index (χ0v) is 9.04. The summed E-state index contributed by atoms with van der Waals surface area (Å²) >= 11 is 0. The number of methoxy groups -OCH3 is 1. The molecule has 0 atom stereocenters. The van der Waals surface area contributed by atoms with Gasteiger partial charge in [-0.25, -0.2) is 4.79 Å². The second-order valence-corrected chi connectivity index (χ2v) is 3.17. The van der Waals surface area contributed by atoms with Gasteiger partial charge in [0.05, 0.1) is 7.11 Å². The van der Waals surface area contributed by atoms with Crippen molar-refractivity contribution >= 4 is 11.8 Å². The van der Waals surface area contributed by atoms with Crippen molar-refractivity contribution in [2.24, 2.45) is 0 Å². The number of anilines is 1. The summed E-state index contributed by atoms with van der Waals surface area (Å²) < 4.78 is 4.49. The van der Waals surface area contributed by atoms with E-state index in [9.17, 15) is 4.79 Å². The first kappa shape index (κ1) is 11.5. The zero-order valence-electron chi connectivity index (χ0n) is 9.04. The van der Waals surface area contributed by atoms with E-state index in [0.717, 1.165) is 18.7 Å². The van der Waals surface area contributed by atoms with Crippen LogP contribution >= 0.6 is 0 Å². The maximum atomic E-state index is 10.9. The van der Waals surface area contributed by atoms with Crippen molar-refractivity contribution in [3.05, 3.63) is 29.8 Å². The third kappa shape index (κ3) is 3.99. The van der Waals surface area contributed by atoms with Crippen LogP contribution in [0.1, 0.15) is 5.56 Å². The van der Waals surface area contributed by atoms with Crippen molar-refractivity contribution in [2.45, 2.75) is 6.42 Å². The van der Waals surface area contributed by atoms with E-state index in [2.05, 4.69) is 15.4 Å². The highest BCUT2D eigenvalue weighted by molar-refractivity contribution is 5.84. The molecule has 15 heavy (non-hydrogen) atoms. The number of hydrogen-bond acceptors (Lipinski definition) is 3. The monoisotopic (exact) mass is 208 g/mol. The molecule has 0 aliphatic heterocycles. The molecule has 0 aliphatic carbocycles. The van der Waals surface area contributed by atoms with Crippen LogP contribution in [0.4, 0.5) is 10.5 Å². The predicted molar refractivity (Wildman–Crippen MR) is 60.1 cm³/mol. The molecule has 1 amide bonds. The van der Waals surface area contributed by atoms with Crippen LogP contribution < -0.4 is 10.6 Å². The van der Waals surface area contributed by atoms with Gasteiger partial charge in [-0.05, 0) is 37.7 Å². The summed E-state index contributed by atoms with van der Waals surface area (Å²) in [6, 6.07) is 7.70. The number of benzene rings is 1. The van der Waals surface area contributed by atoms with Crippen LogP contribution in [-0.2, 0) is 11.2 Å². The van der Waals surface area contributed by atoms with Crippen molar-refractivity contribution in [3.8, 4) is 0 Å². The van der Waals surface area contributed by atoms with Crippen molar-refractivity contribution < 1.29 is 9.53 Å². The van der Waals surface area contributed by atoms with Gasteiger partial charge in [0.1, 0.15) is 0 Å². The van der Waals surface area contributed by atoms with Gasteiger partial charge in [0.15, 0.2) is 0 Å². The molecule has 0 fully saturated rings. The molecule has 1 aromatic rings. The highest BCUT2D eigenvalue weighted by Gasteiger charge is 1.99. The molecule has 4 nitrogen and oxygen atoms in total. The molecule has 0 saturated carbocycles. The Morgan fingerprint density at radius 2 is 2.00 bits per heavy atom. The topological polar surface area (TPSA) is 50.4 Å². The summed E-state index contributed by atoms with van der Waals surface area (Å²) in [5.74, 6) is 0. The smallest absolute Gasteiger partial charge is 0.411 e. The lowest BCUT2D eigenvalue weighted by molar-refractivity contribution is 0.187. The first-order valence-electron chi connectivity index (χ1n) is 4.84. The second kappa shape index (κ2) is 6.03. The predicted octanol–water partition coefficient (Wildman–Crippen LogP) is 1.63. The fraction of sp³-hybridized carbons (Fsp3) is 0.364. The van der Waals surface area contributed by atoms with Crippen LogP contribution in [-0.4, -0.2) is 26.8 Å². The van der Waals surface area contributed by atoms with Crippen LogP contribution in [0, 0.1) is 0 Å². The minimum absolute atomic E-state index is 0.446. The number of rotatable bonds is 4. The Balaban J connectivity index is 2.52. The SMILES string of the molecule is CNCCc1ccc(NC(=O)OC)cc1. The minimum Gasteiger partial charge on any atom is -0.453 e. The average molecular weight is 208 g/mol. The molecular formula is C11H16N2O2. The fourth-order valence-corrected chi connectivity index (χ4v) is 1.19. The van der Waals surface area contributed by atoms with Crippen molar-refractivity contribution in [1.82, 2.24) is 5.32 Å². The maximum absolute atomic E-state index is 10.9. The van der Waals surface area contributed by atoms with E-state index >= 15 is 0 Å². The number of carbonyl (C=O) groups excluding carboxylic acids is 1. The molecule has 0 aliphatic rings. The van der Waals surface area contributed by atoms with Gasteiger partial charge in [0.25, 0.3) is 0 Å². The number of amides is 1. The molecule has 1 aromatic carbocycles. The maximum Gasteiger partial charge on any atom is 0.411 e. The Bertz CT molecular complexity index is 309. The molecule has 0 radical (unpaired) electrons. The second-order valence-electron chi connectivity index (χ2n) is 3.17. The quantitative estimate of drug-likeness (QED) is 0.790. The van der Waals surface area contributed by atoms with E-state index in [-0.39, 0.29) is 0 Å². The summed E-state index contributed by atoms with van der Waals surface area (Å²) in [4.78, 5) is 10.9. The number of likely N-dealkylation sites (N-methyl/N-ethyl adjacent to an activating group) is 1. The number of ether oxygens (including phenoxy) is 1. The fourth-order valence-electron chi connectivity index (χ4n) is 1.19. The molecular weight excluding hydrogens is 192 g/mol. The Hall–Kier alpha value is -1.55. The standard InChI is InChI=1S/C11H16N2O2/c1-12-8-7-9-3-5-10(6-4-9)13-11(14)15-2/h3-6,12H,7-8H2,1-2H3,(H,13,14). The summed E-state index contributed by atoms with van der Waals surface area (Å²) in [6.07, 6.45) is 0.535. The highest BCUT2D eigenvalue weighted by Crippen LogP contribution is 2.09. The van der Waals surface area contributed by atoms with E-state index in [4.69, 9.17) is 0 Å². The van der Waals surface area contributed by atoms with E-state index < -0.39 is 6.09 Å². The van der Waals surface area contributed by atoms with E-state index in [0.29, 0.717) is 0 Å². The molecule has 0 spiro atoms. The van der Waals surface area contributed by atoms with Gasteiger partial charge in [-0.15, -0.1) is 0 Å². The summed E-state index contributed by atoms with van der Waals surface area (Å²) in [6.45, 7) is 0.948. The Labute approximate surface area is 89.6 Å². The third-order valence-electron chi connectivity index (χ3n) is 2.05. The molecule has 4 heteroatoms. The van der Waals surface area contributed by atoms with Crippen LogP contribution in [0.25, 0.3) is 0 Å². The van der Waals surface area contributed by atoms with Gasteiger partial charge in [0.2, 0.25) is 0 Å². The lowest BCUT2D eigenvalue weighted by Crippen LogP contribution is -2.11. The van der Waals surface area contributed by atoms with Gasteiger partial charge < -0.3 is 10.1 Å². The molecule has 0 bridgehead atoms. The van der Waals surface area contributed by atoms with Crippen molar-refractivity contribution in [1.29, 1.82) is 0 Å². The first-order chi connectivity index (χ1) is 7.26. The Morgan fingerprint density at radius 3 is 2.53 bits per heavy atom. The molecule has 1 rings (SSSR count). The summed E-state index contributed by atoms with van der Waals surface area (Å²) in [7, 11) is 3.27.